The molecule has 0 spiro atoms. The van der Waals surface area contributed by atoms with Crippen molar-refractivity contribution in [3.05, 3.63) is 27.1 Å². The van der Waals surface area contributed by atoms with Gasteiger partial charge < -0.3 is 5.32 Å². The quantitative estimate of drug-likeness (QED) is 0.731. The van der Waals surface area contributed by atoms with Crippen LogP contribution in [0.5, 0.6) is 0 Å². The summed E-state index contributed by atoms with van der Waals surface area (Å²) in [7, 11) is -3.77. The van der Waals surface area contributed by atoms with Crippen molar-refractivity contribution in [2.45, 2.75) is 31.2 Å². The van der Waals surface area contributed by atoms with Crippen LogP contribution in [0.4, 0.5) is 0 Å². The minimum absolute atomic E-state index is 0.0852. The van der Waals surface area contributed by atoms with Crippen LogP contribution < -0.4 is 10.0 Å². The molecule has 1 aromatic rings. The van der Waals surface area contributed by atoms with Crippen molar-refractivity contribution < 1.29 is 13.2 Å². The van der Waals surface area contributed by atoms with Crippen LogP contribution in [0, 0.1) is 0 Å². The molecule has 8 heteroatoms. The van der Waals surface area contributed by atoms with E-state index in [1.54, 1.807) is 12.1 Å². The molecule has 0 aliphatic rings. The molecule has 0 saturated heterocycles. The van der Waals surface area contributed by atoms with Gasteiger partial charge in [-0.05, 0) is 47.5 Å². The molecule has 1 rings (SSSR count). The minimum atomic E-state index is -3.77. The van der Waals surface area contributed by atoms with Crippen molar-refractivity contribution in [1.82, 2.24) is 10.0 Å². The topological polar surface area (TPSA) is 75.3 Å². The fourth-order valence-electron chi connectivity index (χ4n) is 1.43. The summed E-state index contributed by atoms with van der Waals surface area (Å²) in [5, 5.41) is 2.65. The Morgan fingerprint density at radius 3 is 2.60 bits per heavy atom. The number of carbonyl (C=O) groups is 1. The van der Waals surface area contributed by atoms with E-state index in [1.807, 2.05) is 6.92 Å². The maximum atomic E-state index is 12.3. The lowest BCUT2D eigenvalue weighted by atomic mass is 10.3. The third kappa shape index (κ3) is 4.83. The van der Waals surface area contributed by atoms with Crippen LogP contribution in [0.2, 0.25) is 0 Å². The van der Waals surface area contributed by atoms with Gasteiger partial charge in [0, 0.05) is 15.5 Å². The van der Waals surface area contributed by atoms with Crippen molar-refractivity contribution in [1.29, 1.82) is 0 Å². The Morgan fingerprint density at radius 1 is 1.35 bits per heavy atom. The van der Waals surface area contributed by atoms with Crippen molar-refractivity contribution in [3.8, 4) is 0 Å². The van der Waals surface area contributed by atoms with Gasteiger partial charge in [-0.3, -0.25) is 4.79 Å². The molecular weight excluding hydrogens is 412 g/mol. The summed E-state index contributed by atoms with van der Waals surface area (Å²) in [6, 6.07) is 3.99. The number of halogens is 2. The van der Waals surface area contributed by atoms with Gasteiger partial charge in [0.25, 0.3) is 0 Å². The molecule has 0 bridgehead atoms. The van der Waals surface area contributed by atoms with Crippen LogP contribution in [0.3, 0.4) is 0 Å². The number of benzene rings is 1. The highest BCUT2D eigenvalue weighted by Gasteiger charge is 2.23. The van der Waals surface area contributed by atoms with Gasteiger partial charge in [-0.1, -0.05) is 22.9 Å². The Bertz CT molecular complexity index is 590. The molecule has 0 aromatic heterocycles. The highest BCUT2D eigenvalue weighted by molar-refractivity contribution is 9.11. The van der Waals surface area contributed by atoms with Gasteiger partial charge in [0.15, 0.2) is 0 Å². The molecular formula is C12H16Br2N2O3S. The average Bonchev–Trinajstić information content (AvgIpc) is 2.38. The highest BCUT2D eigenvalue weighted by atomic mass is 79.9. The van der Waals surface area contributed by atoms with Crippen molar-refractivity contribution in [2.75, 3.05) is 6.54 Å². The van der Waals surface area contributed by atoms with Crippen molar-refractivity contribution in [2.24, 2.45) is 0 Å². The molecule has 112 valence electrons. The van der Waals surface area contributed by atoms with Gasteiger partial charge in [-0.15, -0.1) is 0 Å². The lowest BCUT2D eigenvalue weighted by Gasteiger charge is -2.15. The number of amides is 1. The van der Waals surface area contributed by atoms with E-state index in [9.17, 15) is 13.2 Å². The standard InChI is InChI=1S/C12H16Br2N2O3S/c1-3-6-15-12(17)8(2)16-20(18,19)11-7-9(13)4-5-10(11)14/h4-5,7-8,16H,3,6H2,1-2H3,(H,15,17). The second kappa shape index (κ2) is 7.53. The second-order valence-electron chi connectivity index (χ2n) is 4.21. The first-order valence-corrected chi connectivity index (χ1v) is 9.10. The molecule has 0 radical (unpaired) electrons. The lowest BCUT2D eigenvalue weighted by molar-refractivity contribution is -0.122. The smallest absolute Gasteiger partial charge is 0.242 e. The van der Waals surface area contributed by atoms with E-state index in [4.69, 9.17) is 0 Å². The van der Waals surface area contributed by atoms with Crippen molar-refractivity contribution >= 4 is 47.8 Å². The van der Waals surface area contributed by atoms with E-state index in [1.165, 1.54) is 13.0 Å². The van der Waals surface area contributed by atoms with Gasteiger partial charge >= 0.3 is 0 Å². The number of nitrogens with one attached hydrogen (secondary N) is 2. The summed E-state index contributed by atoms with van der Waals surface area (Å²) in [5.74, 6) is -0.346. The number of carbonyl (C=O) groups excluding carboxylic acids is 1. The van der Waals surface area contributed by atoms with Gasteiger partial charge in [0.1, 0.15) is 0 Å². The molecule has 20 heavy (non-hydrogen) atoms. The summed E-state index contributed by atoms with van der Waals surface area (Å²) in [4.78, 5) is 11.8. The Labute approximate surface area is 135 Å². The van der Waals surface area contributed by atoms with Crippen molar-refractivity contribution in [3.63, 3.8) is 0 Å². The van der Waals surface area contributed by atoms with Gasteiger partial charge in [0.2, 0.25) is 15.9 Å². The number of hydrogen-bond donors (Lipinski definition) is 2. The lowest BCUT2D eigenvalue weighted by Crippen LogP contribution is -2.44. The average molecular weight is 428 g/mol. The zero-order chi connectivity index (χ0) is 15.3. The number of hydrogen-bond acceptors (Lipinski definition) is 3. The predicted octanol–water partition coefficient (Wildman–Crippen LogP) is 2.40. The number of rotatable bonds is 6. The molecule has 0 aliphatic heterocycles. The molecule has 1 aromatic carbocycles. The molecule has 1 unspecified atom stereocenters. The fraction of sp³-hybridized carbons (Fsp3) is 0.417. The van der Waals surface area contributed by atoms with Crippen LogP contribution in [-0.2, 0) is 14.8 Å². The van der Waals surface area contributed by atoms with Gasteiger partial charge in [0.05, 0.1) is 10.9 Å². The van der Waals surface area contributed by atoms with E-state index in [0.29, 0.717) is 15.5 Å². The Kier molecular flexibility index (Phi) is 6.63. The third-order valence-electron chi connectivity index (χ3n) is 2.46. The maximum Gasteiger partial charge on any atom is 0.242 e. The molecule has 1 amide bonds. The Hall–Kier alpha value is -0.440. The van der Waals surface area contributed by atoms with Gasteiger partial charge in [-0.25, -0.2) is 8.42 Å². The second-order valence-corrected chi connectivity index (χ2v) is 7.66. The van der Waals surface area contributed by atoms with Crippen LogP contribution in [0.25, 0.3) is 0 Å². The summed E-state index contributed by atoms with van der Waals surface area (Å²) >= 11 is 6.42. The van der Waals surface area contributed by atoms with E-state index >= 15 is 0 Å². The zero-order valence-corrected chi connectivity index (χ0v) is 15.1. The van der Waals surface area contributed by atoms with Gasteiger partial charge in [-0.2, -0.15) is 4.72 Å². The fourth-order valence-corrected chi connectivity index (χ4v) is 4.14. The maximum absolute atomic E-state index is 12.3. The van der Waals surface area contributed by atoms with E-state index in [-0.39, 0.29) is 10.8 Å². The number of sulfonamides is 1. The summed E-state index contributed by atoms with van der Waals surface area (Å²) in [5.41, 5.74) is 0. The molecule has 2 N–H and O–H groups in total. The normalized spacial score (nSPS) is 13.0. The van der Waals surface area contributed by atoms with Crippen LogP contribution in [0.1, 0.15) is 20.3 Å². The largest absolute Gasteiger partial charge is 0.355 e. The summed E-state index contributed by atoms with van der Waals surface area (Å²) in [6.45, 7) is 3.95. The molecule has 0 heterocycles. The summed E-state index contributed by atoms with van der Waals surface area (Å²) in [6.07, 6.45) is 0.794. The predicted molar refractivity (Wildman–Crippen MR) is 84.9 cm³/mol. The minimum Gasteiger partial charge on any atom is -0.355 e. The zero-order valence-electron chi connectivity index (χ0n) is 11.1. The third-order valence-corrected chi connectivity index (χ3v) is 5.49. The first-order valence-electron chi connectivity index (χ1n) is 6.03. The molecule has 5 nitrogen and oxygen atoms in total. The van der Waals surface area contributed by atoms with Crippen LogP contribution in [-0.4, -0.2) is 26.9 Å². The Morgan fingerprint density at radius 2 is 2.00 bits per heavy atom. The monoisotopic (exact) mass is 426 g/mol. The van der Waals surface area contributed by atoms with E-state index in [2.05, 4.69) is 41.9 Å². The molecule has 1 atom stereocenters. The van der Waals surface area contributed by atoms with Crippen LogP contribution >= 0.6 is 31.9 Å². The van der Waals surface area contributed by atoms with Crippen LogP contribution in [0.15, 0.2) is 32.0 Å². The first kappa shape index (κ1) is 17.6. The highest BCUT2D eigenvalue weighted by Crippen LogP contribution is 2.25. The van der Waals surface area contributed by atoms with E-state index in [0.717, 1.165) is 6.42 Å². The summed E-state index contributed by atoms with van der Waals surface area (Å²) < 4.78 is 27.9. The van der Waals surface area contributed by atoms with E-state index < -0.39 is 16.1 Å². The SMILES string of the molecule is CCCNC(=O)C(C)NS(=O)(=O)c1cc(Br)ccc1Br. The molecule has 0 fully saturated rings. The Balaban J connectivity index is 2.89. The molecule has 0 saturated carbocycles. The molecule has 0 aliphatic carbocycles. The first-order chi connectivity index (χ1) is 9.27.